The fraction of sp³-hybridized carbons (Fsp3) is 0.438. The van der Waals surface area contributed by atoms with Gasteiger partial charge in [-0.1, -0.05) is 25.6 Å². The molecule has 23 heavy (non-hydrogen) atoms. The average molecular weight is 334 g/mol. The molecule has 124 valence electrons. The second-order valence-corrected chi connectivity index (χ2v) is 6.90. The molecule has 0 radical (unpaired) electrons. The molecule has 0 fully saturated rings. The Hall–Kier alpha value is -2.02. The number of thioether (sulfide) groups is 1. The van der Waals surface area contributed by atoms with Crippen molar-refractivity contribution < 1.29 is 9.53 Å². The Morgan fingerprint density at radius 2 is 2.00 bits per heavy atom. The first-order valence-electron chi connectivity index (χ1n) is 7.50. The van der Waals surface area contributed by atoms with Crippen LogP contribution in [0, 0.1) is 5.92 Å². The number of methoxy groups -OCH3 is 1. The molecule has 0 bridgehead atoms. The topological polar surface area (TPSA) is 79.9 Å². The van der Waals surface area contributed by atoms with E-state index in [1.165, 1.54) is 11.8 Å². The van der Waals surface area contributed by atoms with Crippen LogP contribution in [0.15, 0.2) is 29.4 Å². The zero-order valence-corrected chi connectivity index (χ0v) is 14.6. The molecule has 2 aromatic rings. The molecule has 1 aromatic carbocycles. The number of carbonyl (C=O) groups excluding carboxylic acids is 1. The van der Waals surface area contributed by atoms with Gasteiger partial charge in [0.15, 0.2) is 5.82 Å². The maximum atomic E-state index is 12.0. The smallest absolute Gasteiger partial charge is 0.233 e. The van der Waals surface area contributed by atoms with Gasteiger partial charge in [-0.25, -0.2) is 4.98 Å². The number of nitrogens with one attached hydrogen (secondary N) is 2. The summed E-state index contributed by atoms with van der Waals surface area (Å²) >= 11 is 1.34. The van der Waals surface area contributed by atoms with E-state index < -0.39 is 0 Å². The summed E-state index contributed by atoms with van der Waals surface area (Å²) in [4.78, 5) is 16.4. The van der Waals surface area contributed by atoms with Crippen molar-refractivity contribution in [1.29, 1.82) is 0 Å². The number of nitrogens with zero attached hydrogens (tertiary/aromatic N) is 2. The van der Waals surface area contributed by atoms with E-state index in [0.717, 1.165) is 11.3 Å². The van der Waals surface area contributed by atoms with Gasteiger partial charge < -0.3 is 10.1 Å². The lowest BCUT2D eigenvalue weighted by Gasteiger charge is -2.11. The molecule has 0 aliphatic carbocycles. The first kappa shape index (κ1) is 17.3. The molecule has 1 aromatic heterocycles. The predicted molar refractivity (Wildman–Crippen MR) is 91.5 cm³/mol. The third-order valence-corrected chi connectivity index (χ3v) is 4.13. The molecule has 2 N–H and O–H groups in total. The molecule has 0 spiro atoms. The predicted octanol–water partition coefficient (Wildman–Crippen LogP) is 2.73. The zero-order chi connectivity index (χ0) is 16.8. The molecule has 0 aliphatic rings. The molecule has 1 atom stereocenters. The Labute approximate surface area is 140 Å². The van der Waals surface area contributed by atoms with Gasteiger partial charge in [0.05, 0.1) is 12.4 Å². The van der Waals surface area contributed by atoms with Crippen molar-refractivity contribution >= 4 is 17.7 Å². The van der Waals surface area contributed by atoms with Gasteiger partial charge in [-0.3, -0.25) is 9.89 Å². The fourth-order valence-corrected chi connectivity index (χ4v) is 2.59. The van der Waals surface area contributed by atoms with Crippen LogP contribution in [0.1, 0.15) is 20.8 Å². The Bertz CT molecular complexity index is 640. The highest BCUT2D eigenvalue weighted by Crippen LogP contribution is 2.24. The Morgan fingerprint density at radius 3 is 2.61 bits per heavy atom. The van der Waals surface area contributed by atoms with E-state index in [-0.39, 0.29) is 11.2 Å². The van der Waals surface area contributed by atoms with Crippen LogP contribution in [-0.4, -0.2) is 40.0 Å². The minimum absolute atomic E-state index is 0.000465. The molecular formula is C16H22N4O2S. The average Bonchev–Trinajstić information content (AvgIpc) is 3.01. The number of aromatic amines is 1. The molecule has 2 rings (SSSR count). The van der Waals surface area contributed by atoms with Crippen molar-refractivity contribution in [2.45, 2.75) is 31.2 Å². The van der Waals surface area contributed by atoms with Crippen LogP contribution in [0.5, 0.6) is 5.75 Å². The van der Waals surface area contributed by atoms with Gasteiger partial charge in [0, 0.05) is 12.1 Å². The van der Waals surface area contributed by atoms with Gasteiger partial charge in [-0.15, -0.1) is 5.10 Å². The monoisotopic (exact) mass is 334 g/mol. The molecule has 7 heteroatoms. The van der Waals surface area contributed by atoms with E-state index in [0.29, 0.717) is 23.4 Å². The molecule has 0 aliphatic heterocycles. The highest BCUT2D eigenvalue weighted by molar-refractivity contribution is 8.00. The third-order valence-electron chi connectivity index (χ3n) is 3.16. The standard InChI is InChI=1S/C16H22N4O2S/c1-10(2)9-17-15(21)11(3)23-16-18-14(19-20-16)12-5-7-13(22-4)8-6-12/h5-8,10-11H,9H2,1-4H3,(H,17,21)(H,18,19,20)/t11-/m0/s1. The van der Waals surface area contributed by atoms with Crippen molar-refractivity contribution in [3.05, 3.63) is 24.3 Å². The van der Waals surface area contributed by atoms with Gasteiger partial charge in [0.2, 0.25) is 11.1 Å². The number of hydrogen-bond acceptors (Lipinski definition) is 5. The number of benzene rings is 1. The number of aromatic nitrogens is 3. The number of ether oxygens (including phenoxy) is 1. The SMILES string of the molecule is COc1ccc(-c2nc(S[C@@H](C)C(=O)NCC(C)C)n[nH]2)cc1. The van der Waals surface area contributed by atoms with Crippen LogP contribution in [-0.2, 0) is 4.79 Å². The lowest BCUT2D eigenvalue weighted by atomic mass is 10.2. The summed E-state index contributed by atoms with van der Waals surface area (Å²) in [6.45, 7) is 6.65. The quantitative estimate of drug-likeness (QED) is 0.761. The number of amides is 1. The highest BCUT2D eigenvalue weighted by Gasteiger charge is 2.17. The van der Waals surface area contributed by atoms with Gasteiger partial charge in [0.25, 0.3) is 0 Å². The number of rotatable bonds is 7. The summed E-state index contributed by atoms with van der Waals surface area (Å²) in [5.74, 6) is 1.89. The van der Waals surface area contributed by atoms with Gasteiger partial charge in [-0.05, 0) is 37.1 Å². The number of hydrogen-bond donors (Lipinski definition) is 2. The van der Waals surface area contributed by atoms with Gasteiger partial charge in [-0.2, -0.15) is 0 Å². The highest BCUT2D eigenvalue weighted by atomic mass is 32.2. The van der Waals surface area contributed by atoms with Crippen molar-refractivity contribution in [2.24, 2.45) is 5.92 Å². The van der Waals surface area contributed by atoms with Crippen molar-refractivity contribution in [1.82, 2.24) is 20.5 Å². The molecule has 1 amide bonds. The van der Waals surface area contributed by atoms with Crippen LogP contribution in [0.4, 0.5) is 0 Å². The van der Waals surface area contributed by atoms with E-state index in [9.17, 15) is 4.79 Å². The van der Waals surface area contributed by atoms with Crippen LogP contribution in [0.3, 0.4) is 0 Å². The van der Waals surface area contributed by atoms with Crippen molar-refractivity contribution in [2.75, 3.05) is 13.7 Å². The third kappa shape index (κ3) is 4.99. The summed E-state index contributed by atoms with van der Waals surface area (Å²) in [5, 5.41) is 10.3. The van der Waals surface area contributed by atoms with Crippen LogP contribution < -0.4 is 10.1 Å². The van der Waals surface area contributed by atoms with E-state index in [1.54, 1.807) is 7.11 Å². The second-order valence-electron chi connectivity index (χ2n) is 5.59. The lowest BCUT2D eigenvalue weighted by molar-refractivity contribution is -0.120. The van der Waals surface area contributed by atoms with E-state index >= 15 is 0 Å². The first-order chi connectivity index (χ1) is 11.0. The van der Waals surface area contributed by atoms with E-state index in [2.05, 4.69) is 34.3 Å². The van der Waals surface area contributed by atoms with Crippen molar-refractivity contribution in [3.63, 3.8) is 0 Å². The molecule has 0 unspecified atom stereocenters. The first-order valence-corrected chi connectivity index (χ1v) is 8.38. The molecule has 6 nitrogen and oxygen atoms in total. The molecular weight excluding hydrogens is 312 g/mol. The lowest BCUT2D eigenvalue weighted by Crippen LogP contribution is -2.33. The minimum atomic E-state index is -0.242. The van der Waals surface area contributed by atoms with Gasteiger partial charge >= 0.3 is 0 Å². The zero-order valence-electron chi connectivity index (χ0n) is 13.8. The summed E-state index contributed by atoms with van der Waals surface area (Å²) < 4.78 is 5.13. The van der Waals surface area contributed by atoms with Crippen LogP contribution >= 0.6 is 11.8 Å². The number of carbonyl (C=O) groups is 1. The summed E-state index contributed by atoms with van der Waals surface area (Å²) in [7, 11) is 1.63. The molecule has 1 heterocycles. The maximum Gasteiger partial charge on any atom is 0.233 e. The molecule has 0 saturated heterocycles. The van der Waals surface area contributed by atoms with E-state index in [1.807, 2.05) is 31.2 Å². The summed E-state index contributed by atoms with van der Waals surface area (Å²) in [5.41, 5.74) is 0.919. The van der Waals surface area contributed by atoms with Crippen LogP contribution in [0.2, 0.25) is 0 Å². The maximum absolute atomic E-state index is 12.0. The van der Waals surface area contributed by atoms with Crippen molar-refractivity contribution in [3.8, 4) is 17.1 Å². The minimum Gasteiger partial charge on any atom is -0.497 e. The molecule has 0 saturated carbocycles. The van der Waals surface area contributed by atoms with Crippen LogP contribution in [0.25, 0.3) is 11.4 Å². The second kappa shape index (κ2) is 8.01. The summed E-state index contributed by atoms with van der Waals surface area (Å²) in [6, 6.07) is 7.55. The normalized spacial score (nSPS) is 12.2. The Morgan fingerprint density at radius 1 is 1.30 bits per heavy atom. The summed E-state index contributed by atoms with van der Waals surface area (Å²) in [6.07, 6.45) is 0. The Kier molecular flexibility index (Phi) is 6.04. The van der Waals surface area contributed by atoms with E-state index in [4.69, 9.17) is 4.74 Å². The fourth-order valence-electron chi connectivity index (χ4n) is 1.84. The Balaban J connectivity index is 1.97. The largest absolute Gasteiger partial charge is 0.497 e. The number of H-pyrrole nitrogens is 1. The van der Waals surface area contributed by atoms with Gasteiger partial charge in [0.1, 0.15) is 5.75 Å².